The van der Waals surface area contributed by atoms with Crippen LogP contribution in [-0.2, 0) is 0 Å². The Bertz CT molecular complexity index is 549. The van der Waals surface area contributed by atoms with Gasteiger partial charge in [0.25, 0.3) is 0 Å². The molecule has 0 saturated heterocycles. The molecule has 1 atom stereocenters. The van der Waals surface area contributed by atoms with Gasteiger partial charge in [0, 0.05) is 19.8 Å². The molecule has 1 aromatic heterocycles. The summed E-state index contributed by atoms with van der Waals surface area (Å²) in [4.78, 5) is 2.29. The van der Waals surface area contributed by atoms with Gasteiger partial charge >= 0.3 is 0 Å². The van der Waals surface area contributed by atoms with Gasteiger partial charge in [-0.3, -0.25) is 0 Å². The second kappa shape index (κ2) is 5.82. The van der Waals surface area contributed by atoms with E-state index in [1.807, 2.05) is 32.2 Å². The number of halogens is 3. The van der Waals surface area contributed by atoms with E-state index in [0.29, 0.717) is 10.0 Å². The van der Waals surface area contributed by atoms with Crippen molar-refractivity contribution in [2.75, 3.05) is 7.05 Å². The van der Waals surface area contributed by atoms with Crippen molar-refractivity contribution in [1.82, 2.24) is 5.32 Å². The topological polar surface area (TPSA) is 12.0 Å². The molecule has 18 heavy (non-hydrogen) atoms. The Morgan fingerprint density at radius 2 is 2.00 bits per heavy atom. The Kier molecular flexibility index (Phi) is 4.59. The minimum absolute atomic E-state index is 0.127. The number of hydrogen-bond donors (Lipinski definition) is 1. The third kappa shape index (κ3) is 2.69. The average molecular weight is 393 g/mol. The first-order valence-corrected chi connectivity index (χ1v) is 7.82. The van der Waals surface area contributed by atoms with Crippen LogP contribution in [0.4, 0.5) is 4.39 Å². The van der Waals surface area contributed by atoms with Crippen LogP contribution in [0.2, 0.25) is 0 Å². The fraction of sp³-hybridized carbons (Fsp3) is 0.231. The molecular formula is C13H12Br2FNS. The van der Waals surface area contributed by atoms with Crippen LogP contribution in [0.15, 0.2) is 33.2 Å². The maximum atomic E-state index is 14.1. The number of rotatable bonds is 3. The normalized spacial score (nSPS) is 12.7. The molecule has 0 saturated carbocycles. The molecule has 0 spiro atoms. The first kappa shape index (κ1) is 14.2. The zero-order valence-corrected chi connectivity index (χ0v) is 13.9. The van der Waals surface area contributed by atoms with E-state index in [2.05, 4.69) is 37.2 Å². The predicted molar refractivity (Wildman–Crippen MR) is 81.8 cm³/mol. The number of thiophene rings is 1. The summed E-state index contributed by atoms with van der Waals surface area (Å²) in [6.07, 6.45) is 0. The Balaban J connectivity index is 2.48. The van der Waals surface area contributed by atoms with E-state index in [4.69, 9.17) is 0 Å². The van der Waals surface area contributed by atoms with Gasteiger partial charge in [-0.2, -0.15) is 0 Å². The lowest BCUT2D eigenvalue weighted by Gasteiger charge is -2.16. The number of aryl methyl sites for hydroxylation is 1. The van der Waals surface area contributed by atoms with E-state index >= 15 is 0 Å². The van der Waals surface area contributed by atoms with Crippen molar-refractivity contribution in [3.63, 3.8) is 0 Å². The van der Waals surface area contributed by atoms with E-state index in [-0.39, 0.29) is 11.9 Å². The monoisotopic (exact) mass is 391 g/mol. The van der Waals surface area contributed by atoms with Crippen molar-refractivity contribution in [2.24, 2.45) is 0 Å². The SMILES string of the molecule is CNC(c1cc(Br)c(C)s1)c1cccc(Br)c1F. The van der Waals surface area contributed by atoms with E-state index in [9.17, 15) is 4.39 Å². The van der Waals surface area contributed by atoms with Gasteiger partial charge < -0.3 is 5.32 Å². The van der Waals surface area contributed by atoms with Gasteiger partial charge in [-0.05, 0) is 58.0 Å². The standard InChI is InChI=1S/C13H12Br2FNS/c1-7-10(15)6-11(18-7)13(17-2)8-4-3-5-9(14)12(8)16/h3-6,13,17H,1-2H3. The minimum Gasteiger partial charge on any atom is -0.309 e. The lowest BCUT2D eigenvalue weighted by molar-refractivity contribution is 0.574. The molecule has 1 aromatic carbocycles. The largest absolute Gasteiger partial charge is 0.309 e. The molecule has 2 rings (SSSR count). The Morgan fingerprint density at radius 3 is 2.56 bits per heavy atom. The summed E-state index contributed by atoms with van der Waals surface area (Å²) in [5.41, 5.74) is 0.653. The molecule has 0 fully saturated rings. The Morgan fingerprint density at radius 1 is 1.28 bits per heavy atom. The molecule has 96 valence electrons. The molecule has 1 unspecified atom stereocenters. The van der Waals surface area contributed by atoms with Gasteiger partial charge in [-0.15, -0.1) is 11.3 Å². The summed E-state index contributed by atoms with van der Waals surface area (Å²) in [5.74, 6) is -0.209. The van der Waals surface area contributed by atoms with Gasteiger partial charge in [-0.25, -0.2) is 4.39 Å². The Labute approximate surface area is 127 Å². The highest BCUT2D eigenvalue weighted by Gasteiger charge is 2.20. The van der Waals surface area contributed by atoms with Crippen LogP contribution in [0.3, 0.4) is 0 Å². The fourth-order valence-corrected chi connectivity index (χ4v) is 3.89. The van der Waals surface area contributed by atoms with Crippen molar-refractivity contribution < 1.29 is 4.39 Å². The molecule has 2 aromatic rings. The van der Waals surface area contributed by atoms with Crippen LogP contribution < -0.4 is 5.32 Å². The summed E-state index contributed by atoms with van der Waals surface area (Å²) in [7, 11) is 1.84. The van der Waals surface area contributed by atoms with E-state index in [1.165, 1.54) is 4.88 Å². The molecule has 1 heterocycles. The number of hydrogen-bond acceptors (Lipinski definition) is 2. The summed E-state index contributed by atoms with van der Waals surface area (Å²) in [6.45, 7) is 2.04. The number of nitrogens with one attached hydrogen (secondary N) is 1. The van der Waals surface area contributed by atoms with E-state index < -0.39 is 0 Å². The molecule has 0 bridgehead atoms. The average Bonchev–Trinajstić information content (AvgIpc) is 2.66. The third-order valence-electron chi connectivity index (χ3n) is 2.74. The van der Waals surface area contributed by atoms with Crippen LogP contribution in [0, 0.1) is 12.7 Å². The quantitative estimate of drug-likeness (QED) is 0.772. The predicted octanol–water partition coefficient (Wildman–Crippen LogP) is 5.03. The first-order chi connectivity index (χ1) is 8.54. The second-order valence-corrected chi connectivity index (χ2v) is 6.91. The summed E-state index contributed by atoms with van der Waals surface area (Å²) >= 11 is 8.39. The molecule has 0 radical (unpaired) electrons. The number of benzene rings is 1. The molecule has 0 amide bonds. The molecular weight excluding hydrogens is 381 g/mol. The van der Waals surface area contributed by atoms with Crippen LogP contribution in [0.5, 0.6) is 0 Å². The highest BCUT2D eigenvalue weighted by atomic mass is 79.9. The van der Waals surface area contributed by atoms with E-state index in [0.717, 1.165) is 9.35 Å². The van der Waals surface area contributed by atoms with Crippen LogP contribution >= 0.6 is 43.2 Å². The van der Waals surface area contributed by atoms with Gasteiger partial charge in [-0.1, -0.05) is 12.1 Å². The summed E-state index contributed by atoms with van der Waals surface area (Å²) in [5, 5.41) is 3.17. The fourth-order valence-electron chi connectivity index (χ4n) is 1.82. The lowest BCUT2D eigenvalue weighted by atomic mass is 10.1. The van der Waals surface area contributed by atoms with Gasteiger partial charge in [0.2, 0.25) is 0 Å². The second-order valence-electron chi connectivity index (χ2n) is 3.92. The van der Waals surface area contributed by atoms with E-state index in [1.54, 1.807) is 17.4 Å². The molecule has 1 nitrogen and oxygen atoms in total. The Hall–Kier alpha value is -0.230. The van der Waals surface area contributed by atoms with Crippen molar-refractivity contribution in [2.45, 2.75) is 13.0 Å². The zero-order chi connectivity index (χ0) is 13.3. The van der Waals surface area contributed by atoms with Gasteiger partial charge in [0.05, 0.1) is 10.5 Å². The highest BCUT2D eigenvalue weighted by molar-refractivity contribution is 9.10. The van der Waals surface area contributed by atoms with Gasteiger partial charge in [0.15, 0.2) is 0 Å². The van der Waals surface area contributed by atoms with Crippen molar-refractivity contribution in [3.05, 3.63) is 54.3 Å². The summed E-state index contributed by atoms with van der Waals surface area (Å²) in [6, 6.07) is 7.28. The lowest BCUT2D eigenvalue weighted by Crippen LogP contribution is -2.18. The van der Waals surface area contributed by atoms with Crippen molar-refractivity contribution >= 4 is 43.2 Å². The van der Waals surface area contributed by atoms with Crippen LogP contribution in [0.1, 0.15) is 21.4 Å². The van der Waals surface area contributed by atoms with Gasteiger partial charge in [0.1, 0.15) is 5.82 Å². The molecule has 0 aliphatic heterocycles. The highest BCUT2D eigenvalue weighted by Crippen LogP contribution is 2.35. The van der Waals surface area contributed by atoms with Crippen molar-refractivity contribution in [1.29, 1.82) is 0 Å². The zero-order valence-electron chi connectivity index (χ0n) is 9.93. The maximum Gasteiger partial charge on any atom is 0.142 e. The third-order valence-corrected chi connectivity index (χ3v) is 5.56. The first-order valence-electron chi connectivity index (χ1n) is 5.41. The molecule has 5 heteroatoms. The molecule has 0 aliphatic rings. The van der Waals surface area contributed by atoms with Crippen molar-refractivity contribution in [3.8, 4) is 0 Å². The molecule has 1 N–H and O–H groups in total. The smallest absolute Gasteiger partial charge is 0.142 e. The summed E-state index contributed by atoms with van der Waals surface area (Å²) < 4.78 is 15.7. The minimum atomic E-state index is -0.209. The van der Waals surface area contributed by atoms with Crippen LogP contribution in [0.25, 0.3) is 0 Å². The molecule has 0 aliphatic carbocycles. The maximum absolute atomic E-state index is 14.1. The van der Waals surface area contributed by atoms with Crippen LogP contribution in [-0.4, -0.2) is 7.05 Å².